The van der Waals surface area contributed by atoms with Gasteiger partial charge in [-0.25, -0.2) is 9.59 Å². The lowest BCUT2D eigenvalue weighted by molar-refractivity contribution is -0.129. The number of carbonyl (C=O) groups is 2. The molecule has 0 saturated carbocycles. The van der Waals surface area contributed by atoms with Crippen LogP contribution in [-0.4, -0.2) is 18.5 Å². The van der Waals surface area contributed by atoms with Crippen molar-refractivity contribution >= 4 is 11.9 Å². The van der Waals surface area contributed by atoms with Crippen LogP contribution in [0.4, 0.5) is 0 Å². The van der Waals surface area contributed by atoms with Crippen LogP contribution < -0.4 is 14.2 Å². The number of hydrogen-bond acceptors (Lipinski definition) is 5. The van der Waals surface area contributed by atoms with Crippen LogP contribution in [0.2, 0.25) is 0 Å². The van der Waals surface area contributed by atoms with Gasteiger partial charge in [0.1, 0.15) is 0 Å². The summed E-state index contributed by atoms with van der Waals surface area (Å²) in [7, 11) is 0. The van der Waals surface area contributed by atoms with E-state index in [2.05, 4.69) is 19.6 Å². The molecule has 0 amide bonds. The highest BCUT2D eigenvalue weighted by Gasteiger charge is 2.18. The smallest absolute Gasteiger partial charge is 0.343 e. The molecule has 29 heavy (non-hydrogen) atoms. The Hall–Kier alpha value is -3.08. The van der Waals surface area contributed by atoms with Gasteiger partial charge in [-0.3, -0.25) is 0 Å². The van der Waals surface area contributed by atoms with Crippen molar-refractivity contribution in [1.82, 2.24) is 0 Å². The van der Waals surface area contributed by atoms with Gasteiger partial charge in [0.05, 0.1) is 12.2 Å². The van der Waals surface area contributed by atoms with E-state index < -0.39 is 11.9 Å². The molecule has 5 nitrogen and oxygen atoms in total. The standard InChI is InChI=1S/C24H27O5/c1-3-5-6-7-8-12-18-27-23-20(28-22(25)4-2)16-13-17-21(23)29-24(26)19-14-10-9-11-15-19/h4,9-11,13-16H,2-3,5-8,12,18H2,1H3. The zero-order valence-electron chi connectivity index (χ0n) is 16.8. The van der Waals surface area contributed by atoms with Crippen molar-refractivity contribution in [2.24, 2.45) is 0 Å². The second-order valence-corrected chi connectivity index (χ2v) is 6.50. The van der Waals surface area contributed by atoms with Crippen molar-refractivity contribution in [1.29, 1.82) is 0 Å². The highest BCUT2D eigenvalue weighted by atomic mass is 16.6. The number of rotatable bonds is 12. The molecule has 0 aliphatic heterocycles. The van der Waals surface area contributed by atoms with Crippen LogP contribution in [0.25, 0.3) is 0 Å². The molecule has 0 saturated heterocycles. The zero-order chi connectivity index (χ0) is 20.9. The molecular formula is C24H27O5. The van der Waals surface area contributed by atoms with Crippen LogP contribution >= 0.6 is 0 Å². The number of benzene rings is 2. The van der Waals surface area contributed by atoms with E-state index >= 15 is 0 Å². The Kier molecular flexibility index (Phi) is 9.49. The lowest BCUT2D eigenvalue weighted by atomic mass is 10.1. The molecule has 0 fully saturated rings. The van der Waals surface area contributed by atoms with E-state index in [-0.39, 0.29) is 17.2 Å². The minimum atomic E-state index is -0.624. The number of unbranched alkanes of at least 4 members (excludes halogenated alkanes) is 5. The summed E-state index contributed by atoms with van der Waals surface area (Å²) in [6, 6.07) is 14.5. The summed E-state index contributed by atoms with van der Waals surface area (Å²) in [6.45, 7) is 5.99. The van der Waals surface area contributed by atoms with E-state index in [1.807, 2.05) is 6.07 Å². The first-order valence-electron chi connectivity index (χ1n) is 9.94. The van der Waals surface area contributed by atoms with E-state index in [9.17, 15) is 9.59 Å². The molecule has 0 heterocycles. The first-order chi connectivity index (χ1) is 14.2. The Labute approximate surface area is 172 Å². The molecule has 5 heteroatoms. The Morgan fingerprint density at radius 3 is 2.45 bits per heavy atom. The molecule has 0 spiro atoms. The minimum Gasteiger partial charge on any atom is -0.486 e. The van der Waals surface area contributed by atoms with Gasteiger partial charge in [-0.05, 0) is 30.7 Å². The van der Waals surface area contributed by atoms with E-state index in [0.29, 0.717) is 12.2 Å². The van der Waals surface area contributed by atoms with Crippen LogP contribution in [0, 0.1) is 6.07 Å². The average molecular weight is 395 g/mol. The quantitative estimate of drug-likeness (QED) is 0.204. The lowest BCUT2D eigenvalue weighted by Crippen LogP contribution is -2.11. The molecule has 2 aromatic carbocycles. The summed E-state index contributed by atoms with van der Waals surface area (Å²) in [5.74, 6) is -0.741. The molecular weight excluding hydrogens is 368 g/mol. The van der Waals surface area contributed by atoms with Crippen molar-refractivity contribution in [3.05, 3.63) is 66.7 Å². The molecule has 1 radical (unpaired) electrons. The summed E-state index contributed by atoms with van der Waals surface area (Å²) < 4.78 is 16.5. The maximum atomic E-state index is 12.4. The number of hydrogen-bond donors (Lipinski definition) is 0. The van der Waals surface area contributed by atoms with Gasteiger partial charge in [0, 0.05) is 12.1 Å². The van der Waals surface area contributed by atoms with Gasteiger partial charge in [-0.15, -0.1) is 0 Å². The van der Waals surface area contributed by atoms with Gasteiger partial charge >= 0.3 is 11.9 Å². The van der Waals surface area contributed by atoms with Gasteiger partial charge in [0.2, 0.25) is 5.75 Å². The predicted molar refractivity (Wildman–Crippen MR) is 111 cm³/mol. The van der Waals surface area contributed by atoms with E-state index in [1.54, 1.807) is 24.3 Å². The SMILES string of the molecule is C=CC(=O)Oc1cc[c]c(OC(=O)c2ccccc2)c1OCCCCCCCC. The predicted octanol–water partition coefficient (Wildman–Crippen LogP) is 5.54. The normalized spacial score (nSPS) is 10.2. The second kappa shape index (κ2) is 12.4. The van der Waals surface area contributed by atoms with Crippen LogP contribution in [0.5, 0.6) is 17.2 Å². The van der Waals surface area contributed by atoms with E-state index in [4.69, 9.17) is 14.2 Å². The Morgan fingerprint density at radius 2 is 1.72 bits per heavy atom. The van der Waals surface area contributed by atoms with Crippen LogP contribution in [0.3, 0.4) is 0 Å². The maximum absolute atomic E-state index is 12.4. The number of esters is 2. The van der Waals surface area contributed by atoms with Crippen molar-refractivity contribution in [2.75, 3.05) is 6.61 Å². The van der Waals surface area contributed by atoms with Gasteiger partial charge < -0.3 is 14.2 Å². The number of carbonyl (C=O) groups excluding carboxylic acids is 2. The third-order valence-corrected chi connectivity index (χ3v) is 4.20. The van der Waals surface area contributed by atoms with Crippen molar-refractivity contribution in [3.8, 4) is 17.2 Å². The molecule has 2 aromatic rings. The highest BCUT2D eigenvalue weighted by molar-refractivity contribution is 5.91. The summed E-state index contributed by atoms with van der Waals surface area (Å²) in [4.78, 5) is 24.1. The molecule has 0 atom stereocenters. The molecule has 0 unspecified atom stereocenters. The zero-order valence-corrected chi connectivity index (χ0v) is 16.8. The molecule has 0 aliphatic rings. The molecule has 153 valence electrons. The highest BCUT2D eigenvalue weighted by Crippen LogP contribution is 2.37. The lowest BCUT2D eigenvalue weighted by Gasteiger charge is -2.15. The molecule has 0 aromatic heterocycles. The topological polar surface area (TPSA) is 61.8 Å². The summed E-state index contributed by atoms with van der Waals surface area (Å²) >= 11 is 0. The van der Waals surface area contributed by atoms with E-state index in [1.165, 1.54) is 31.4 Å². The van der Waals surface area contributed by atoms with Gasteiger partial charge in [-0.1, -0.05) is 63.8 Å². The van der Waals surface area contributed by atoms with Gasteiger partial charge in [-0.2, -0.15) is 0 Å². The summed E-state index contributed by atoms with van der Waals surface area (Å²) in [6.07, 6.45) is 7.73. The van der Waals surface area contributed by atoms with Crippen LogP contribution in [-0.2, 0) is 4.79 Å². The largest absolute Gasteiger partial charge is 0.486 e. The maximum Gasteiger partial charge on any atom is 0.343 e. The fourth-order valence-electron chi connectivity index (χ4n) is 2.67. The summed E-state index contributed by atoms with van der Waals surface area (Å²) in [5.41, 5.74) is 0.399. The number of ether oxygens (including phenoxy) is 3. The third-order valence-electron chi connectivity index (χ3n) is 4.20. The van der Waals surface area contributed by atoms with Crippen molar-refractivity contribution in [2.45, 2.75) is 45.4 Å². The Morgan fingerprint density at radius 1 is 1.00 bits per heavy atom. The monoisotopic (exact) mass is 395 g/mol. The van der Waals surface area contributed by atoms with Crippen LogP contribution in [0.1, 0.15) is 55.8 Å². The second-order valence-electron chi connectivity index (χ2n) is 6.50. The van der Waals surface area contributed by atoms with Gasteiger partial charge in [0.15, 0.2) is 11.5 Å². The Balaban J connectivity index is 2.10. The fraction of sp³-hybridized carbons (Fsp3) is 0.333. The third kappa shape index (κ3) is 7.45. The molecule has 0 aliphatic carbocycles. The molecule has 2 rings (SSSR count). The van der Waals surface area contributed by atoms with Crippen molar-refractivity contribution in [3.63, 3.8) is 0 Å². The fourth-order valence-corrected chi connectivity index (χ4v) is 2.67. The Bertz CT molecular complexity index is 798. The summed E-state index contributed by atoms with van der Waals surface area (Å²) in [5, 5.41) is 0. The van der Waals surface area contributed by atoms with E-state index in [0.717, 1.165) is 25.3 Å². The average Bonchev–Trinajstić information content (AvgIpc) is 2.75. The first-order valence-corrected chi connectivity index (χ1v) is 9.94. The molecule has 0 bridgehead atoms. The minimum absolute atomic E-state index is 0.0826. The van der Waals surface area contributed by atoms with Crippen molar-refractivity contribution < 1.29 is 23.8 Å². The van der Waals surface area contributed by atoms with Crippen LogP contribution in [0.15, 0.2) is 55.1 Å². The molecule has 0 N–H and O–H groups in total. The first kappa shape index (κ1) is 22.2. The van der Waals surface area contributed by atoms with Gasteiger partial charge in [0.25, 0.3) is 0 Å².